The Bertz CT molecular complexity index is 1090. The molecule has 1 saturated carbocycles. The van der Waals surface area contributed by atoms with Crippen LogP contribution in [0, 0.1) is 21.7 Å². The molecule has 0 saturated heterocycles. The summed E-state index contributed by atoms with van der Waals surface area (Å²) < 4.78 is 64.1. The minimum atomic E-state index is -3.60. The highest BCUT2D eigenvalue weighted by molar-refractivity contribution is 5.99. The van der Waals surface area contributed by atoms with E-state index in [1.807, 2.05) is 0 Å². The number of carbonyl (C=O) groups is 1. The van der Waals surface area contributed by atoms with Gasteiger partial charge >= 0.3 is 18.3 Å². The molecule has 0 bridgehead atoms. The topological polar surface area (TPSA) is 101 Å². The number of aromatic nitrogens is 1. The van der Waals surface area contributed by atoms with E-state index in [2.05, 4.69) is 11.3 Å². The summed E-state index contributed by atoms with van der Waals surface area (Å²) in [7, 11) is 0. The normalized spacial score (nSPS) is 13.6. The summed E-state index contributed by atoms with van der Waals surface area (Å²) in [5, 5.41) is 10.3. The number of hydrogen-bond acceptors (Lipinski definition) is 6. The van der Waals surface area contributed by atoms with Crippen molar-refractivity contribution in [2.24, 2.45) is 0 Å². The van der Waals surface area contributed by atoms with E-state index < -0.39 is 68.5 Å². The van der Waals surface area contributed by atoms with Crippen molar-refractivity contribution >= 4 is 22.6 Å². The molecule has 12 heteroatoms. The quantitative estimate of drug-likeness (QED) is 0.225. The van der Waals surface area contributed by atoms with Gasteiger partial charge in [-0.2, -0.15) is 17.6 Å². The van der Waals surface area contributed by atoms with Gasteiger partial charge in [0.25, 0.3) is 0 Å². The standard InChI is InChI=1S/C17H12F4N2O6/c1-2-5-28-16(25)8-6-22(7-3-4-7)13-9(14(8)24)12(23(26)27)10(18)11(19)15(13)29-17(20)21/h2,6-7,17H,1,3-5H2. The van der Waals surface area contributed by atoms with E-state index in [1.54, 1.807) is 0 Å². The van der Waals surface area contributed by atoms with Crippen LogP contribution in [0.15, 0.2) is 23.6 Å². The Morgan fingerprint density at radius 1 is 1.38 bits per heavy atom. The van der Waals surface area contributed by atoms with Crippen molar-refractivity contribution < 1.29 is 36.8 Å². The Kier molecular flexibility index (Phi) is 5.27. The minimum Gasteiger partial charge on any atom is -0.458 e. The van der Waals surface area contributed by atoms with E-state index in [9.17, 15) is 37.3 Å². The minimum absolute atomic E-state index is 0.292. The van der Waals surface area contributed by atoms with Crippen molar-refractivity contribution in [3.63, 3.8) is 0 Å². The molecule has 1 aliphatic rings. The number of ether oxygens (including phenoxy) is 2. The Morgan fingerprint density at radius 3 is 2.55 bits per heavy atom. The summed E-state index contributed by atoms with van der Waals surface area (Å²) in [5.41, 5.74) is -4.40. The molecule has 3 rings (SSSR count). The van der Waals surface area contributed by atoms with Crippen molar-refractivity contribution in [3.05, 3.63) is 56.4 Å². The number of hydrogen-bond donors (Lipinski definition) is 0. The van der Waals surface area contributed by atoms with E-state index in [0.29, 0.717) is 12.8 Å². The van der Waals surface area contributed by atoms with Gasteiger partial charge in [0.15, 0.2) is 5.75 Å². The van der Waals surface area contributed by atoms with Gasteiger partial charge in [-0.3, -0.25) is 14.9 Å². The second-order valence-corrected chi connectivity index (χ2v) is 6.06. The number of alkyl halides is 2. The van der Waals surface area contributed by atoms with Crippen molar-refractivity contribution in [1.29, 1.82) is 0 Å². The van der Waals surface area contributed by atoms with Crippen LogP contribution in [0.5, 0.6) is 5.75 Å². The first-order valence-corrected chi connectivity index (χ1v) is 8.16. The van der Waals surface area contributed by atoms with Gasteiger partial charge in [0.2, 0.25) is 17.1 Å². The Labute approximate surface area is 159 Å². The number of nitro groups is 1. The average Bonchev–Trinajstić information content (AvgIpc) is 3.48. The first-order valence-electron chi connectivity index (χ1n) is 8.16. The number of halogens is 4. The average molecular weight is 416 g/mol. The third-order valence-corrected chi connectivity index (χ3v) is 4.17. The van der Waals surface area contributed by atoms with Gasteiger partial charge < -0.3 is 14.0 Å². The number of rotatable bonds is 7. The third kappa shape index (κ3) is 3.52. The zero-order valence-electron chi connectivity index (χ0n) is 14.5. The lowest BCUT2D eigenvalue weighted by atomic mass is 10.1. The Balaban J connectivity index is 2.49. The van der Waals surface area contributed by atoms with Crippen molar-refractivity contribution in [3.8, 4) is 5.75 Å². The molecule has 154 valence electrons. The molecule has 1 aromatic heterocycles. The molecule has 0 aliphatic heterocycles. The number of esters is 1. The predicted octanol–water partition coefficient (Wildman–Crippen LogP) is 3.47. The van der Waals surface area contributed by atoms with Crippen LogP contribution in [0.25, 0.3) is 10.9 Å². The lowest BCUT2D eigenvalue weighted by Crippen LogP contribution is -2.23. The van der Waals surface area contributed by atoms with Gasteiger partial charge in [0, 0.05) is 12.2 Å². The number of benzene rings is 1. The van der Waals surface area contributed by atoms with Gasteiger partial charge in [-0.25, -0.2) is 4.79 Å². The number of pyridine rings is 1. The van der Waals surface area contributed by atoms with Gasteiger partial charge in [0.05, 0.1) is 4.92 Å². The largest absolute Gasteiger partial charge is 0.458 e. The van der Waals surface area contributed by atoms with Crippen LogP contribution in [0.4, 0.5) is 23.2 Å². The highest BCUT2D eigenvalue weighted by atomic mass is 19.3. The van der Waals surface area contributed by atoms with E-state index in [4.69, 9.17) is 4.74 Å². The molecule has 1 heterocycles. The van der Waals surface area contributed by atoms with E-state index in [-0.39, 0.29) is 6.61 Å². The fraction of sp³-hybridized carbons (Fsp3) is 0.294. The van der Waals surface area contributed by atoms with E-state index in [1.165, 1.54) is 6.08 Å². The van der Waals surface area contributed by atoms with Crippen LogP contribution in [0.2, 0.25) is 0 Å². The highest BCUT2D eigenvalue weighted by Crippen LogP contribution is 2.43. The van der Waals surface area contributed by atoms with Gasteiger partial charge in [-0.1, -0.05) is 12.7 Å². The number of nitrogens with zero attached hydrogens (tertiary/aromatic N) is 2. The number of carbonyl (C=O) groups excluding carboxylic acids is 1. The molecule has 1 fully saturated rings. The van der Waals surface area contributed by atoms with E-state index in [0.717, 1.165) is 10.8 Å². The predicted molar refractivity (Wildman–Crippen MR) is 90.2 cm³/mol. The summed E-state index contributed by atoms with van der Waals surface area (Å²) >= 11 is 0. The molecule has 0 unspecified atom stereocenters. The maximum Gasteiger partial charge on any atom is 0.387 e. The van der Waals surface area contributed by atoms with Gasteiger partial charge in [-0.05, 0) is 12.8 Å². The molecule has 8 nitrogen and oxygen atoms in total. The highest BCUT2D eigenvalue weighted by Gasteiger charge is 2.37. The van der Waals surface area contributed by atoms with Gasteiger partial charge in [0.1, 0.15) is 23.1 Å². The van der Waals surface area contributed by atoms with Crippen LogP contribution in [-0.2, 0) is 4.74 Å². The second kappa shape index (κ2) is 7.53. The summed E-state index contributed by atoms with van der Waals surface area (Å²) in [6, 6.07) is -0.492. The zero-order valence-corrected chi connectivity index (χ0v) is 14.5. The molecular weight excluding hydrogens is 404 g/mol. The Morgan fingerprint density at radius 2 is 2.03 bits per heavy atom. The van der Waals surface area contributed by atoms with Crippen LogP contribution < -0.4 is 10.2 Å². The SMILES string of the molecule is C=CCOC(=O)c1cn(C2CC2)c2c(OC(F)F)c(F)c(F)c([N+](=O)[O-])c2c1=O. The Hall–Kier alpha value is -3.44. The van der Waals surface area contributed by atoms with Crippen LogP contribution in [-0.4, -0.2) is 28.7 Å². The fourth-order valence-corrected chi connectivity index (χ4v) is 2.87. The number of fused-ring (bicyclic) bond motifs is 1. The maximum atomic E-state index is 14.4. The summed E-state index contributed by atoms with van der Waals surface area (Å²) in [6.07, 6.45) is 3.00. The third-order valence-electron chi connectivity index (χ3n) is 4.17. The van der Waals surface area contributed by atoms with Crippen LogP contribution >= 0.6 is 0 Å². The first kappa shape index (κ1) is 20.3. The molecule has 0 N–H and O–H groups in total. The molecule has 29 heavy (non-hydrogen) atoms. The second-order valence-electron chi connectivity index (χ2n) is 6.06. The molecule has 1 aliphatic carbocycles. The monoisotopic (exact) mass is 416 g/mol. The fourth-order valence-electron chi connectivity index (χ4n) is 2.87. The molecule has 0 atom stereocenters. The number of nitro benzene ring substituents is 1. The molecule has 0 spiro atoms. The smallest absolute Gasteiger partial charge is 0.387 e. The van der Waals surface area contributed by atoms with Crippen molar-refractivity contribution in [1.82, 2.24) is 4.57 Å². The van der Waals surface area contributed by atoms with E-state index >= 15 is 0 Å². The zero-order chi connectivity index (χ0) is 21.5. The molecule has 1 aromatic carbocycles. The molecule has 0 amide bonds. The van der Waals surface area contributed by atoms with Crippen LogP contribution in [0.1, 0.15) is 29.2 Å². The summed E-state index contributed by atoms with van der Waals surface area (Å²) in [6.45, 7) is -0.572. The molecular formula is C17H12F4N2O6. The van der Waals surface area contributed by atoms with Crippen molar-refractivity contribution in [2.45, 2.75) is 25.5 Å². The first-order chi connectivity index (χ1) is 13.7. The summed E-state index contributed by atoms with van der Waals surface area (Å²) in [5.74, 6) is -6.75. The van der Waals surface area contributed by atoms with Gasteiger partial charge in [-0.15, -0.1) is 0 Å². The van der Waals surface area contributed by atoms with Crippen LogP contribution in [0.3, 0.4) is 0 Å². The summed E-state index contributed by atoms with van der Waals surface area (Å²) in [4.78, 5) is 35.0. The maximum absolute atomic E-state index is 14.4. The van der Waals surface area contributed by atoms with Crippen molar-refractivity contribution in [2.75, 3.05) is 6.61 Å². The lowest BCUT2D eigenvalue weighted by molar-refractivity contribution is -0.386. The lowest BCUT2D eigenvalue weighted by Gasteiger charge is -2.17. The molecule has 0 radical (unpaired) electrons. The molecule has 2 aromatic rings.